The predicted molar refractivity (Wildman–Crippen MR) is 69.0 cm³/mol. The van der Waals surface area contributed by atoms with Gasteiger partial charge >= 0.3 is 0 Å². The maximum atomic E-state index is 12.0. The van der Waals surface area contributed by atoms with Gasteiger partial charge in [-0.15, -0.1) is 0 Å². The normalized spacial score (nSPS) is 19.4. The summed E-state index contributed by atoms with van der Waals surface area (Å²) in [4.78, 5) is 5.36. The first-order valence-corrected chi connectivity index (χ1v) is 7.21. The number of oxime groups is 1. The summed E-state index contributed by atoms with van der Waals surface area (Å²) in [6.45, 7) is 3.95. The topological polar surface area (TPSA) is 67.8 Å². The molecule has 0 saturated heterocycles. The molecule has 0 bridgehead atoms. The Kier molecular flexibility index (Phi) is 3.68. The Balaban J connectivity index is 2.00. The fourth-order valence-electron chi connectivity index (χ4n) is 1.75. The summed E-state index contributed by atoms with van der Waals surface area (Å²) >= 11 is 0. The minimum absolute atomic E-state index is 0.204. The Bertz CT molecular complexity index is 566. The molecule has 1 atom stereocenters. The van der Waals surface area contributed by atoms with Crippen LogP contribution in [0.25, 0.3) is 0 Å². The van der Waals surface area contributed by atoms with E-state index in [1.807, 2.05) is 19.9 Å². The average molecular weight is 268 g/mol. The zero-order chi connectivity index (χ0) is 13.2. The monoisotopic (exact) mass is 268 g/mol. The van der Waals surface area contributed by atoms with Gasteiger partial charge in [-0.2, -0.15) is 0 Å². The Hall–Kier alpha value is -1.40. The van der Waals surface area contributed by atoms with E-state index in [0.29, 0.717) is 6.42 Å². The second-order valence-electron chi connectivity index (χ2n) is 4.43. The van der Waals surface area contributed by atoms with Gasteiger partial charge in [0.2, 0.25) is 10.0 Å². The molecule has 98 valence electrons. The molecule has 0 aromatic heterocycles. The lowest BCUT2D eigenvalue weighted by Crippen LogP contribution is -2.32. The number of hydrogen-bond donors (Lipinski definition) is 1. The molecule has 1 aliphatic rings. The van der Waals surface area contributed by atoms with Crippen molar-refractivity contribution < 1.29 is 13.3 Å². The second-order valence-corrected chi connectivity index (χ2v) is 6.19. The van der Waals surface area contributed by atoms with Crippen LogP contribution in [0.15, 0.2) is 34.3 Å². The van der Waals surface area contributed by atoms with E-state index >= 15 is 0 Å². The Morgan fingerprint density at radius 1 is 1.44 bits per heavy atom. The van der Waals surface area contributed by atoms with Gasteiger partial charge in [0.05, 0.1) is 17.2 Å². The molecule has 1 aliphatic heterocycles. The quantitative estimate of drug-likeness (QED) is 0.898. The maximum Gasteiger partial charge on any atom is 0.240 e. The van der Waals surface area contributed by atoms with Crippen molar-refractivity contribution in [3.8, 4) is 0 Å². The van der Waals surface area contributed by atoms with E-state index in [0.717, 1.165) is 11.3 Å². The van der Waals surface area contributed by atoms with Crippen molar-refractivity contribution in [2.75, 3.05) is 6.54 Å². The third kappa shape index (κ3) is 3.08. The standard InChI is InChI=1S/C12H16N2O3S/c1-9-4-3-5-12(6-9)18(15,16)13-8-11-7-10(2)14-17-11/h3-6,11,13H,7-8H2,1-2H3/t11-/m0/s1. The molecule has 0 amide bonds. The lowest BCUT2D eigenvalue weighted by Gasteiger charge is -2.10. The van der Waals surface area contributed by atoms with Gasteiger partial charge in [-0.05, 0) is 31.5 Å². The third-order valence-electron chi connectivity index (χ3n) is 2.68. The lowest BCUT2D eigenvalue weighted by molar-refractivity contribution is 0.0891. The number of benzene rings is 1. The van der Waals surface area contributed by atoms with Gasteiger partial charge in [0.25, 0.3) is 0 Å². The van der Waals surface area contributed by atoms with Crippen LogP contribution in [0.3, 0.4) is 0 Å². The van der Waals surface area contributed by atoms with Crippen LogP contribution in [0.5, 0.6) is 0 Å². The molecule has 0 spiro atoms. The van der Waals surface area contributed by atoms with Crippen LogP contribution in [0.1, 0.15) is 18.9 Å². The smallest absolute Gasteiger partial charge is 0.240 e. The van der Waals surface area contributed by atoms with E-state index in [9.17, 15) is 8.42 Å². The number of hydrogen-bond acceptors (Lipinski definition) is 4. The zero-order valence-electron chi connectivity index (χ0n) is 10.4. The van der Waals surface area contributed by atoms with E-state index in [1.54, 1.807) is 18.2 Å². The fraction of sp³-hybridized carbons (Fsp3) is 0.417. The molecule has 5 nitrogen and oxygen atoms in total. The number of rotatable bonds is 4. The van der Waals surface area contributed by atoms with Gasteiger partial charge in [0.15, 0.2) is 0 Å². The molecule has 6 heteroatoms. The summed E-state index contributed by atoms with van der Waals surface area (Å²) in [6.07, 6.45) is 0.459. The van der Waals surface area contributed by atoms with E-state index < -0.39 is 10.0 Å². The SMILES string of the molecule is CC1=NO[C@H](CNS(=O)(=O)c2cccc(C)c2)C1. The summed E-state index contributed by atoms with van der Waals surface area (Å²) in [5.41, 5.74) is 1.80. The molecule has 0 unspecified atom stereocenters. The fourth-order valence-corrected chi connectivity index (χ4v) is 2.92. The van der Waals surface area contributed by atoms with Gasteiger partial charge in [0, 0.05) is 6.42 Å². The first-order valence-electron chi connectivity index (χ1n) is 5.73. The van der Waals surface area contributed by atoms with Crippen molar-refractivity contribution in [3.63, 3.8) is 0 Å². The highest BCUT2D eigenvalue weighted by Gasteiger charge is 2.21. The van der Waals surface area contributed by atoms with Gasteiger partial charge in [-0.25, -0.2) is 13.1 Å². The van der Waals surface area contributed by atoms with Crippen molar-refractivity contribution in [1.82, 2.24) is 4.72 Å². The molecule has 1 aromatic rings. The first kappa shape index (κ1) is 13.0. The molecule has 0 saturated carbocycles. The van der Waals surface area contributed by atoms with Crippen molar-refractivity contribution in [2.24, 2.45) is 5.16 Å². The van der Waals surface area contributed by atoms with Crippen LogP contribution in [-0.2, 0) is 14.9 Å². The Morgan fingerprint density at radius 3 is 2.83 bits per heavy atom. The molecule has 2 rings (SSSR count). The largest absolute Gasteiger partial charge is 0.391 e. The summed E-state index contributed by atoms with van der Waals surface area (Å²) < 4.78 is 26.6. The minimum atomic E-state index is -3.47. The number of nitrogens with zero attached hydrogens (tertiary/aromatic N) is 1. The Morgan fingerprint density at radius 2 is 2.22 bits per heavy atom. The molecule has 1 heterocycles. The molecule has 0 aliphatic carbocycles. The van der Waals surface area contributed by atoms with Gasteiger partial charge in [0.1, 0.15) is 6.10 Å². The highest BCUT2D eigenvalue weighted by atomic mass is 32.2. The molecule has 1 N–H and O–H groups in total. The van der Waals surface area contributed by atoms with Crippen molar-refractivity contribution >= 4 is 15.7 Å². The van der Waals surface area contributed by atoms with Gasteiger partial charge < -0.3 is 4.84 Å². The third-order valence-corrected chi connectivity index (χ3v) is 4.10. The Labute approximate surface area is 107 Å². The van der Waals surface area contributed by atoms with Crippen molar-refractivity contribution in [2.45, 2.75) is 31.3 Å². The van der Waals surface area contributed by atoms with E-state index in [2.05, 4.69) is 9.88 Å². The number of nitrogens with one attached hydrogen (secondary N) is 1. The predicted octanol–water partition coefficient (Wildman–Crippen LogP) is 1.44. The van der Waals surface area contributed by atoms with Crippen LogP contribution in [0.4, 0.5) is 0 Å². The lowest BCUT2D eigenvalue weighted by atomic mass is 10.2. The molecular weight excluding hydrogens is 252 g/mol. The molecular formula is C12H16N2O3S. The summed E-state index contributed by atoms with van der Waals surface area (Å²) in [7, 11) is -3.47. The highest BCUT2D eigenvalue weighted by molar-refractivity contribution is 7.89. The summed E-state index contributed by atoms with van der Waals surface area (Å²) in [6, 6.07) is 6.80. The number of sulfonamides is 1. The van der Waals surface area contributed by atoms with Crippen LogP contribution < -0.4 is 4.72 Å². The van der Waals surface area contributed by atoms with Crippen molar-refractivity contribution in [1.29, 1.82) is 0 Å². The first-order chi connectivity index (χ1) is 8.47. The summed E-state index contributed by atoms with van der Waals surface area (Å²) in [5.74, 6) is 0. The maximum absolute atomic E-state index is 12.0. The zero-order valence-corrected chi connectivity index (χ0v) is 11.2. The summed E-state index contributed by atoms with van der Waals surface area (Å²) in [5, 5.41) is 3.79. The van der Waals surface area contributed by atoms with Crippen LogP contribution in [-0.4, -0.2) is 26.8 Å². The number of aryl methyl sites for hydroxylation is 1. The molecule has 0 fully saturated rings. The van der Waals surface area contributed by atoms with E-state index in [4.69, 9.17) is 4.84 Å². The van der Waals surface area contributed by atoms with E-state index in [1.165, 1.54) is 0 Å². The highest BCUT2D eigenvalue weighted by Crippen LogP contribution is 2.13. The molecule has 18 heavy (non-hydrogen) atoms. The van der Waals surface area contributed by atoms with Crippen molar-refractivity contribution in [3.05, 3.63) is 29.8 Å². The van der Waals surface area contributed by atoms with Gasteiger partial charge in [-0.3, -0.25) is 0 Å². The van der Waals surface area contributed by atoms with Gasteiger partial charge in [-0.1, -0.05) is 17.3 Å². The van der Waals surface area contributed by atoms with Crippen LogP contribution in [0.2, 0.25) is 0 Å². The molecule has 1 aromatic carbocycles. The van der Waals surface area contributed by atoms with Crippen LogP contribution >= 0.6 is 0 Å². The second kappa shape index (κ2) is 5.07. The van der Waals surface area contributed by atoms with E-state index in [-0.39, 0.29) is 17.5 Å². The molecule has 0 radical (unpaired) electrons. The minimum Gasteiger partial charge on any atom is -0.391 e. The van der Waals surface area contributed by atoms with Crippen LogP contribution in [0, 0.1) is 6.92 Å². The average Bonchev–Trinajstić information content (AvgIpc) is 2.73.